The van der Waals surface area contributed by atoms with Crippen LogP contribution >= 0.6 is 0 Å². The van der Waals surface area contributed by atoms with Crippen LogP contribution in [0.25, 0.3) is 0 Å². The Balaban J connectivity index is 2.90. The monoisotopic (exact) mass is 284 g/mol. The predicted octanol–water partition coefficient (Wildman–Crippen LogP) is 1.38. The molecular formula is C15H24O5. The van der Waals surface area contributed by atoms with E-state index >= 15 is 0 Å². The van der Waals surface area contributed by atoms with Gasteiger partial charge in [0.25, 0.3) is 0 Å². The van der Waals surface area contributed by atoms with Crippen molar-refractivity contribution < 1.29 is 24.9 Å². The van der Waals surface area contributed by atoms with E-state index in [0.29, 0.717) is 6.42 Å². The van der Waals surface area contributed by atoms with Gasteiger partial charge in [-0.2, -0.15) is 0 Å². The number of carbonyl (C=O) groups is 2. The van der Waals surface area contributed by atoms with Crippen molar-refractivity contribution >= 4 is 11.8 Å². The molecule has 114 valence electrons. The molecule has 0 aromatic rings. The summed E-state index contributed by atoms with van der Waals surface area (Å²) in [4.78, 5) is 23.3. The van der Waals surface area contributed by atoms with Crippen molar-refractivity contribution in [2.24, 2.45) is 17.3 Å². The average Bonchev–Trinajstić information content (AvgIpc) is 2.28. The van der Waals surface area contributed by atoms with E-state index in [1.165, 1.54) is 26.0 Å². The molecule has 3 N–H and O–H groups in total. The maximum atomic E-state index is 11.9. The lowest BCUT2D eigenvalue weighted by Crippen LogP contribution is -2.43. The summed E-state index contributed by atoms with van der Waals surface area (Å²) in [7, 11) is 0. The number of aliphatic hydroxyl groups excluding tert-OH is 1. The Kier molecular flexibility index (Phi) is 4.77. The summed E-state index contributed by atoms with van der Waals surface area (Å²) in [6.07, 6.45) is 2.43. The van der Waals surface area contributed by atoms with Crippen molar-refractivity contribution in [2.45, 2.75) is 52.2 Å². The van der Waals surface area contributed by atoms with Gasteiger partial charge in [-0.3, -0.25) is 9.59 Å². The first kappa shape index (κ1) is 16.9. The number of hydrogen-bond acceptors (Lipinski definition) is 4. The molecule has 5 nitrogen and oxygen atoms in total. The number of carboxylic acids is 1. The SMILES string of the molecule is CC(C)(O)C(O)CC[C@@H]1C(C(=O)O)C=CC(=O)C1(C)C. The van der Waals surface area contributed by atoms with Gasteiger partial charge in [0, 0.05) is 5.41 Å². The minimum atomic E-state index is -1.24. The van der Waals surface area contributed by atoms with Crippen LogP contribution in [0.5, 0.6) is 0 Å². The lowest BCUT2D eigenvalue weighted by atomic mass is 9.64. The Morgan fingerprint density at radius 2 is 2.00 bits per heavy atom. The minimum absolute atomic E-state index is 0.0993. The molecule has 1 aliphatic carbocycles. The van der Waals surface area contributed by atoms with Gasteiger partial charge < -0.3 is 15.3 Å². The second-order valence-electron chi connectivity index (χ2n) is 6.66. The zero-order chi connectivity index (χ0) is 15.7. The van der Waals surface area contributed by atoms with Crippen LogP contribution in [0.2, 0.25) is 0 Å². The number of hydrogen-bond donors (Lipinski definition) is 3. The van der Waals surface area contributed by atoms with Crippen molar-refractivity contribution in [1.82, 2.24) is 0 Å². The lowest BCUT2D eigenvalue weighted by molar-refractivity contribution is -0.145. The number of rotatable bonds is 5. The molecule has 0 saturated heterocycles. The third kappa shape index (κ3) is 3.46. The van der Waals surface area contributed by atoms with E-state index in [9.17, 15) is 24.9 Å². The van der Waals surface area contributed by atoms with Gasteiger partial charge in [-0.05, 0) is 38.7 Å². The molecule has 0 aromatic carbocycles. The van der Waals surface area contributed by atoms with E-state index in [2.05, 4.69) is 0 Å². The molecule has 0 fully saturated rings. The number of aliphatic carboxylic acids is 1. The molecule has 0 heterocycles. The van der Waals surface area contributed by atoms with E-state index in [0.717, 1.165) is 0 Å². The van der Waals surface area contributed by atoms with Crippen LogP contribution in [0, 0.1) is 17.3 Å². The molecule has 0 aliphatic heterocycles. The summed E-state index contributed by atoms with van der Waals surface area (Å²) in [6, 6.07) is 0. The van der Waals surface area contributed by atoms with Gasteiger partial charge in [-0.1, -0.05) is 19.9 Å². The number of ketones is 1. The molecule has 0 aromatic heterocycles. The number of aliphatic hydroxyl groups is 2. The van der Waals surface area contributed by atoms with Crippen LogP contribution in [-0.2, 0) is 9.59 Å². The van der Waals surface area contributed by atoms with E-state index < -0.39 is 34.9 Å². The molecule has 0 amide bonds. The molecule has 3 atom stereocenters. The second kappa shape index (κ2) is 5.66. The van der Waals surface area contributed by atoms with Crippen molar-refractivity contribution in [2.75, 3.05) is 0 Å². The van der Waals surface area contributed by atoms with Gasteiger partial charge in [-0.25, -0.2) is 0 Å². The molecular weight excluding hydrogens is 260 g/mol. The van der Waals surface area contributed by atoms with Crippen molar-refractivity contribution in [1.29, 1.82) is 0 Å². The molecule has 1 rings (SSSR count). The summed E-state index contributed by atoms with van der Waals surface area (Å²) in [5.41, 5.74) is -2.02. The molecule has 1 aliphatic rings. The summed E-state index contributed by atoms with van der Waals surface area (Å²) >= 11 is 0. The fourth-order valence-electron chi connectivity index (χ4n) is 2.66. The number of carboxylic acid groups (broad SMARTS) is 1. The van der Waals surface area contributed by atoms with Crippen LogP contribution in [0.1, 0.15) is 40.5 Å². The largest absolute Gasteiger partial charge is 0.481 e. The summed E-state index contributed by atoms with van der Waals surface area (Å²) in [5, 5.41) is 28.9. The van der Waals surface area contributed by atoms with Crippen molar-refractivity contribution in [3.8, 4) is 0 Å². The Hall–Kier alpha value is -1.20. The van der Waals surface area contributed by atoms with Crippen LogP contribution in [0.4, 0.5) is 0 Å². The van der Waals surface area contributed by atoms with Gasteiger partial charge in [0.15, 0.2) is 5.78 Å². The smallest absolute Gasteiger partial charge is 0.310 e. The summed E-state index contributed by atoms with van der Waals surface area (Å²) < 4.78 is 0. The Bertz CT molecular complexity index is 416. The number of carbonyl (C=O) groups excluding carboxylic acids is 1. The first-order valence-electron chi connectivity index (χ1n) is 6.83. The lowest BCUT2D eigenvalue weighted by Gasteiger charge is -2.39. The van der Waals surface area contributed by atoms with Crippen LogP contribution in [-0.4, -0.2) is 38.8 Å². The maximum Gasteiger partial charge on any atom is 0.310 e. The molecule has 5 heteroatoms. The Labute approximate surface area is 119 Å². The normalized spacial score (nSPS) is 27.4. The van der Waals surface area contributed by atoms with Crippen molar-refractivity contribution in [3.05, 3.63) is 12.2 Å². The van der Waals surface area contributed by atoms with Gasteiger partial charge in [0.2, 0.25) is 0 Å². The van der Waals surface area contributed by atoms with Crippen LogP contribution < -0.4 is 0 Å². The zero-order valence-corrected chi connectivity index (χ0v) is 12.5. The van der Waals surface area contributed by atoms with E-state index in [1.807, 2.05) is 0 Å². The Morgan fingerprint density at radius 3 is 2.45 bits per heavy atom. The highest BCUT2D eigenvalue weighted by Crippen LogP contribution is 2.42. The molecule has 0 spiro atoms. The first-order chi connectivity index (χ1) is 8.98. The quantitative estimate of drug-likeness (QED) is 0.709. The third-order valence-corrected chi connectivity index (χ3v) is 4.30. The summed E-state index contributed by atoms with van der Waals surface area (Å²) in [5.74, 6) is -2.20. The fourth-order valence-corrected chi connectivity index (χ4v) is 2.66. The van der Waals surface area contributed by atoms with Gasteiger partial charge in [0.05, 0.1) is 17.6 Å². The highest BCUT2D eigenvalue weighted by atomic mass is 16.4. The van der Waals surface area contributed by atoms with Crippen LogP contribution in [0.15, 0.2) is 12.2 Å². The third-order valence-electron chi connectivity index (χ3n) is 4.30. The molecule has 2 unspecified atom stereocenters. The van der Waals surface area contributed by atoms with Crippen molar-refractivity contribution in [3.63, 3.8) is 0 Å². The topological polar surface area (TPSA) is 94.8 Å². The van der Waals surface area contributed by atoms with Crippen LogP contribution in [0.3, 0.4) is 0 Å². The Morgan fingerprint density at radius 1 is 1.45 bits per heavy atom. The standard InChI is InChI=1S/C15H24O5/c1-14(2)10(6-8-12(17)15(3,4)20)9(13(18)19)5-7-11(14)16/h5,7,9-10,12,17,20H,6,8H2,1-4H3,(H,18,19)/t9?,10-,12?/m1/s1. The van der Waals surface area contributed by atoms with Gasteiger partial charge >= 0.3 is 5.97 Å². The van der Waals surface area contributed by atoms with E-state index in [4.69, 9.17) is 0 Å². The number of allylic oxidation sites excluding steroid dienone is 1. The fraction of sp³-hybridized carbons (Fsp3) is 0.733. The molecule has 20 heavy (non-hydrogen) atoms. The van der Waals surface area contributed by atoms with E-state index in [-0.39, 0.29) is 12.2 Å². The molecule has 0 saturated carbocycles. The molecule has 0 radical (unpaired) electrons. The highest BCUT2D eigenvalue weighted by molar-refractivity contribution is 5.97. The first-order valence-corrected chi connectivity index (χ1v) is 6.83. The molecule has 0 bridgehead atoms. The predicted molar refractivity (Wildman–Crippen MR) is 74.1 cm³/mol. The minimum Gasteiger partial charge on any atom is -0.481 e. The van der Waals surface area contributed by atoms with E-state index in [1.54, 1.807) is 13.8 Å². The van der Waals surface area contributed by atoms with Gasteiger partial charge in [0.1, 0.15) is 0 Å². The van der Waals surface area contributed by atoms with Gasteiger partial charge in [-0.15, -0.1) is 0 Å². The maximum absolute atomic E-state index is 11.9. The summed E-state index contributed by atoms with van der Waals surface area (Å²) in [6.45, 7) is 6.47. The second-order valence-corrected chi connectivity index (χ2v) is 6.66. The highest BCUT2D eigenvalue weighted by Gasteiger charge is 2.45. The average molecular weight is 284 g/mol. The zero-order valence-electron chi connectivity index (χ0n) is 12.5.